The average molecular weight is 293 g/mol. The van der Waals surface area contributed by atoms with Crippen LogP contribution in [0.3, 0.4) is 0 Å². The molecule has 6 heteroatoms. The summed E-state index contributed by atoms with van der Waals surface area (Å²) in [5, 5.41) is 4.68. The number of amides is 4. The molecule has 0 spiro atoms. The van der Waals surface area contributed by atoms with Crippen LogP contribution >= 0.6 is 0 Å². The third kappa shape index (κ3) is 3.54. The van der Waals surface area contributed by atoms with Gasteiger partial charge >= 0.3 is 6.03 Å². The van der Waals surface area contributed by atoms with Crippen molar-refractivity contribution in [3.63, 3.8) is 0 Å². The highest BCUT2D eigenvalue weighted by atomic mass is 16.2. The number of carbonyl (C=O) groups excluding carboxylic acids is 3. The van der Waals surface area contributed by atoms with E-state index >= 15 is 0 Å². The molecule has 0 aromatic rings. The van der Waals surface area contributed by atoms with E-state index < -0.39 is 12.1 Å². The zero-order chi connectivity index (χ0) is 14.8. The van der Waals surface area contributed by atoms with Gasteiger partial charge in [-0.25, -0.2) is 4.79 Å². The van der Waals surface area contributed by atoms with Gasteiger partial charge in [0.15, 0.2) is 0 Å². The Morgan fingerprint density at radius 3 is 2.38 bits per heavy atom. The first-order valence-corrected chi connectivity index (χ1v) is 8.04. The lowest BCUT2D eigenvalue weighted by Gasteiger charge is -2.30. The summed E-state index contributed by atoms with van der Waals surface area (Å²) >= 11 is 0. The molecule has 1 heterocycles. The number of nitrogens with one attached hydrogen (secondary N) is 2. The van der Waals surface area contributed by atoms with E-state index in [4.69, 9.17) is 0 Å². The summed E-state index contributed by atoms with van der Waals surface area (Å²) in [6.45, 7) is 0.825. The molecule has 2 N–H and O–H groups in total. The van der Waals surface area contributed by atoms with E-state index in [-0.39, 0.29) is 18.2 Å². The van der Waals surface area contributed by atoms with Gasteiger partial charge in [0.25, 0.3) is 5.91 Å². The molecule has 1 unspecified atom stereocenters. The fourth-order valence-electron chi connectivity index (χ4n) is 3.38. The van der Waals surface area contributed by atoms with E-state index in [1.807, 2.05) is 4.90 Å². The minimum atomic E-state index is -0.697. The van der Waals surface area contributed by atoms with Crippen LogP contribution in [0.25, 0.3) is 0 Å². The number of hydrogen-bond donors (Lipinski definition) is 2. The average Bonchev–Trinajstić information content (AvgIpc) is 3.24. The number of urea groups is 1. The lowest BCUT2D eigenvalue weighted by molar-refractivity contribution is -0.135. The largest absolute Gasteiger partial charge is 0.339 e. The van der Waals surface area contributed by atoms with Crippen LogP contribution in [0.5, 0.6) is 0 Å². The minimum absolute atomic E-state index is 0.00502. The number of rotatable bonds is 5. The summed E-state index contributed by atoms with van der Waals surface area (Å²) in [6.07, 6.45) is 8.47. The van der Waals surface area contributed by atoms with E-state index in [1.165, 1.54) is 32.1 Å². The molecular weight excluding hydrogens is 270 g/mol. The molecule has 1 atom stereocenters. The first kappa shape index (κ1) is 14.4. The third-order valence-electron chi connectivity index (χ3n) is 4.72. The maximum atomic E-state index is 12.5. The predicted octanol–water partition coefficient (Wildman–Crippen LogP) is 1.16. The third-order valence-corrected chi connectivity index (χ3v) is 4.72. The molecular formula is C15H23N3O3. The van der Waals surface area contributed by atoms with Crippen LogP contribution in [0.1, 0.15) is 51.4 Å². The Kier molecular flexibility index (Phi) is 4.12. The summed E-state index contributed by atoms with van der Waals surface area (Å²) in [5.74, 6) is 0.225. The number of hydrogen-bond acceptors (Lipinski definition) is 3. The SMILES string of the molecule is O=C1NC(=O)C(CC(=O)N(CC2CCCCC2)C2CC2)N1. The van der Waals surface area contributed by atoms with Crippen molar-refractivity contribution < 1.29 is 14.4 Å². The molecule has 0 radical (unpaired) electrons. The molecule has 4 amide bonds. The Labute approximate surface area is 124 Å². The second-order valence-electron chi connectivity index (χ2n) is 6.50. The maximum absolute atomic E-state index is 12.5. The molecule has 21 heavy (non-hydrogen) atoms. The van der Waals surface area contributed by atoms with Crippen molar-refractivity contribution >= 4 is 17.8 Å². The van der Waals surface area contributed by atoms with Crippen LogP contribution in [0.2, 0.25) is 0 Å². The summed E-state index contributed by atoms with van der Waals surface area (Å²) in [6, 6.07) is -0.833. The van der Waals surface area contributed by atoms with Gasteiger partial charge in [0, 0.05) is 12.6 Å². The molecule has 116 valence electrons. The summed E-state index contributed by atoms with van der Waals surface area (Å²) in [7, 11) is 0. The lowest BCUT2D eigenvalue weighted by Crippen LogP contribution is -2.42. The van der Waals surface area contributed by atoms with Crippen molar-refractivity contribution in [1.82, 2.24) is 15.5 Å². The molecule has 2 saturated carbocycles. The maximum Gasteiger partial charge on any atom is 0.322 e. The normalized spacial score (nSPS) is 26.4. The highest BCUT2D eigenvalue weighted by Crippen LogP contribution is 2.32. The Bertz CT molecular complexity index is 441. The van der Waals surface area contributed by atoms with E-state index in [1.54, 1.807) is 0 Å². The fourth-order valence-corrected chi connectivity index (χ4v) is 3.38. The van der Waals surface area contributed by atoms with Crippen molar-refractivity contribution in [2.45, 2.75) is 63.5 Å². The number of nitrogens with zero attached hydrogens (tertiary/aromatic N) is 1. The second-order valence-corrected chi connectivity index (χ2v) is 6.50. The highest BCUT2D eigenvalue weighted by molar-refractivity contribution is 6.05. The second kappa shape index (κ2) is 6.03. The molecule has 0 aromatic heterocycles. The van der Waals surface area contributed by atoms with Gasteiger partial charge in [-0.15, -0.1) is 0 Å². The molecule has 3 fully saturated rings. The molecule has 3 rings (SSSR count). The van der Waals surface area contributed by atoms with Gasteiger partial charge < -0.3 is 10.2 Å². The van der Waals surface area contributed by atoms with Crippen LogP contribution < -0.4 is 10.6 Å². The fraction of sp³-hybridized carbons (Fsp3) is 0.800. The monoisotopic (exact) mass is 293 g/mol. The van der Waals surface area contributed by atoms with Crippen molar-refractivity contribution in [2.75, 3.05) is 6.54 Å². The smallest absolute Gasteiger partial charge is 0.322 e. The standard InChI is InChI=1S/C15H23N3O3/c19-13(8-12-14(20)17-15(21)16-12)18(11-6-7-11)9-10-4-2-1-3-5-10/h10-12H,1-9H2,(H2,16,17,20,21). The Balaban J connectivity index is 1.56. The molecule has 2 aliphatic carbocycles. The zero-order valence-electron chi connectivity index (χ0n) is 12.3. The van der Waals surface area contributed by atoms with Crippen LogP contribution in [0.15, 0.2) is 0 Å². The molecule has 3 aliphatic rings. The van der Waals surface area contributed by atoms with Gasteiger partial charge in [0.05, 0.1) is 6.42 Å². The topological polar surface area (TPSA) is 78.5 Å². The van der Waals surface area contributed by atoms with Crippen LogP contribution in [-0.4, -0.2) is 41.4 Å². The molecule has 1 aliphatic heterocycles. The van der Waals surface area contributed by atoms with Gasteiger partial charge in [-0.1, -0.05) is 19.3 Å². The van der Waals surface area contributed by atoms with Gasteiger partial charge in [0.2, 0.25) is 5.91 Å². The molecule has 6 nitrogen and oxygen atoms in total. The van der Waals surface area contributed by atoms with E-state index in [0.717, 1.165) is 19.4 Å². The molecule has 1 saturated heterocycles. The highest BCUT2D eigenvalue weighted by Gasteiger charge is 2.38. The Morgan fingerprint density at radius 1 is 1.10 bits per heavy atom. The van der Waals surface area contributed by atoms with E-state index in [0.29, 0.717) is 12.0 Å². The van der Waals surface area contributed by atoms with E-state index in [9.17, 15) is 14.4 Å². The minimum Gasteiger partial charge on any atom is -0.339 e. The predicted molar refractivity (Wildman–Crippen MR) is 76.4 cm³/mol. The van der Waals surface area contributed by atoms with Crippen molar-refractivity contribution in [3.05, 3.63) is 0 Å². The van der Waals surface area contributed by atoms with Gasteiger partial charge in [-0.05, 0) is 31.6 Å². The van der Waals surface area contributed by atoms with Crippen molar-refractivity contribution in [3.8, 4) is 0 Å². The van der Waals surface area contributed by atoms with Crippen LogP contribution in [0.4, 0.5) is 4.79 Å². The lowest BCUT2D eigenvalue weighted by atomic mass is 9.89. The van der Waals surface area contributed by atoms with Gasteiger partial charge in [0.1, 0.15) is 6.04 Å². The van der Waals surface area contributed by atoms with Gasteiger partial charge in [-0.2, -0.15) is 0 Å². The van der Waals surface area contributed by atoms with Gasteiger partial charge in [-0.3, -0.25) is 14.9 Å². The molecule has 0 aromatic carbocycles. The Morgan fingerprint density at radius 2 is 1.81 bits per heavy atom. The van der Waals surface area contributed by atoms with Crippen LogP contribution in [0, 0.1) is 5.92 Å². The quantitative estimate of drug-likeness (QED) is 0.747. The molecule has 0 bridgehead atoms. The summed E-state index contributed by atoms with van der Waals surface area (Å²) in [5.41, 5.74) is 0. The number of carbonyl (C=O) groups is 3. The van der Waals surface area contributed by atoms with Crippen LogP contribution in [-0.2, 0) is 9.59 Å². The van der Waals surface area contributed by atoms with Crippen molar-refractivity contribution in [1.29, 1.82) is 0 Å². The summed E-state index contributed by atoms with van der Waals surface area (Å²) in [4.78, 5) is 37.1. The Hall–Kier alpha value is -1.59. The van der Waals surface area contributed by atoms with Crippen molar-refractivity contribution in [2.24, 2.45) is 5.92 Å². The first-order valence-electron chi connectivity index (χ1n) is 8.04. The first-order chi connectivity index (χ1) is 10.1. The number of imide groups is 1. The summed E-state index contributed by atoms with van der Waals surface area (Å²) < 4.78 is 0. The zero-order valence-corrected chi connectivity index (χ0v) is 12.3. The van der Waals surface area contributed by atoms with E-state index in [2.05, 4.69) is 10.6 Å².